The fourth-order valence-electron chi connectivity index (χ4n) is 7.55. The molecule has 5 aliphatic rings. The highest BCUT2D eigenvalue weighted by Gasteiger charge is 2.61. The second-order valence-corrected chi connectivity index (χ2v) is 13.6. The van der Waals surface area contributed by atoms with Crippen molar-refractivity contribution in [2.75, 3.05) is 7.05 Å². The van der Waals surface area contributed by atoms with Gasteiger partial charge in [0.25, 0.3) is 0 Å². The molecule has 196 valence electrons. The maximum absolute atomic E-state index is 15.1. The van der Waals surface area contributed by atoms with E-state index in [0.29, 0.717) is 37.2 Å². The van der Waals surface area contributed by atoms with Crippen molar-refractivity contribution in [3.63, 3.8) is 0 Å². The molecular weight excluding hydrogens is 493 g/mol. The molecule has 2 aromatic carbocycles. The number of likely N-dealkylation sites (N-methyl/N-ethyl adjacent to an activating group) is 1. The first-order valence-corrected chi connectivity index (χ1v) is 14.4. The number of nitrogens with two attached hydrogens (primary N) is 1. The lowest BCUT2D eigenvalue weighted by Crippen LogP contribution is -2.64. The normalized spacial score (nSPS) is 31.3. The number of sulfonamides is 1. The van der Waals surface area contributed by atoms with Crippen LogP contribution in [-0.2, 0) is 19.6 Å². The molecule has 0 spiro atoms. The van der Waals surface area contributed by atoms with Gasteiger partial charge in [0.05, 0.1) is 0 Å². The Kier molecular flexibility index (Phi) is 5.55. The quantitative estimate of drug-likeness (QED) is 0.577. The van der Waals surface area contributed by atoms with Crippen LogP contribution in [0.3, 0.4) is 0 Å². The molecule has 0 radical (unpaired) electrons. The van der Waals surface area contributed by atoms with Crippen molar-refractivity contribution in [3.8, 4) is 11.1 Å². The van der Waals surface area contributed by atoms with Gasteiger partial charge in [-0.05, 0) is 86.0 Å². The van der Waals surface area contributed by atoms with Crippen molar-refractivity contribution in [2.45, 2.75) is 61.4 Å². The molecule has 5 aliphatic carbocycles. The van der Waals surface area contributed by atoms with E-state index in [2.05, 4.69) is 5.32 Å². The van der Waals surface area contributed by atoms with Crippen LogP contribution in [0.1, 0.15) is 44.9 Å². The maximum Gasteiger partial charge on any atom is 0.246 e. The highest BCUT2D eigenvalue weighted by molar-refractivity contribution is 7.89. The van der Waals surface area contributed by atoms with Crippen LogP contribution in [0.2, 0.25) is 0 Å². The summed E-state index contributed by atoms with van der Waals surface area (Å²) < 4.78 is 43.2. The van der Waals surface area contributed by atoms with E-state index in [1.165, 1.54) is 19.2 Å². The Morgan fingerprint density at radius 1 is 1.00 bits per heavy atom. The summed E-state index contributed by atoms with van der Waals surface area (Å²) in [4.78, 5) is 25.4. The fraction of sp³-hybridized carbons (Fsp3) is 0.500. The minimum atomic E-state index is -4.25. The van der Waals surface area contributed by atoms with Gasteiger partial charge in [-0.15, -0.1) is 0 Å². The summed E-state index contributed by atoms with van der Waals surface area (Å²) in [5, 5.41) is 3.18. The van der Waals surface area contributed by atoms with Crippen molar-refractivity contribution in [2.24, 2.45) is 28.9 Å². The van der Waals surface area contributed by atoms with Gasteiger partial charge in [0.15, 0.2) is 0 Å². The second-order valence-electron chi connectivity index (χ2n) is 11.6. The predicted molar refractivity (Wildman–Crippen MR) is 136 cm³/mol. The highest BCUT2D eigenvalue weighted by Crippen LogP contribution is 2.60. The van der Waals surface area contributed by atoms with E-state index in [0.717, 1.165) is 29.1 Å². The van der Waals surface area contributed by atoms with E-state index in [4.69, 9.17) is 5.73 Å². The third-order valence-corrected chi connectivity index (χ3v) is 11.5. The molecule has 2 atom stereocenters. The van der Waals surface area contributed by atoms with E-state index in [1.54, 1.807) is 6.07 Å². The molecule has 7 nitrogen and oxygen atoms in total. The number of halogens is 1. The summed E-state index contributed by atoms with van der Waals surface area (Å²) >= 11 is 0. The molecule has 2 unspecified atom stereocenters. The fourth-order valence-corrected chi connectivity index (χ4v) is 9.11. The molecule has 7 rings (SSSR count). The van der Waals surface area contributed by atoms with Gasteiger partial charge in [-0.25, -0.2) is 12.8 Å². The Hall–Kier alpha value is -2.78. The molecule has 0 saturated heterocycles. The zero-order valence-electron chi connectivity index (χ0n) is 20.8. The number of rotatable bonds is 7. The first kappa shape index (κ1) is 24.6. The standard InChI is InChI=1S/C28H32FN3O4S/c1-32(37(35,36)23-8-7-19(13-22(23)29)18-5-3-2-4-6-18)28(9-10-28)26(34)31-24-20-11-17-12-21(24)16-27(14-17,15-20)25(30)33/h2-8,13,17,20-21,24H,9-12,14-16H2,1H3,(H2,30,33)(H,31,34). The van der Waals surface area contributed by atoms with E-state index in [9.17, 15) is 18.0 Å². The zero-order chi connectivity index (χ0) is 26.2. The molecule has 9 heteroatoms. The summed E-state index contributed by atoms with van der Waals surface area (Å²) in [6.07, 6.45) is 4.88. The first-order chi connectivity index (χ1) is 17.6. The number of carbonyl (C=O) groups is 2. The van der Waals surface area contributed by atoms with Crippen LogP contribution < -0.4 is 11.1 Å². The number of amides is 2. The van der Waals surface area contributed by atoms with Gasteiger partial charge in [0.1, 0.15) is 16.3 Å². The van der Waals surface area contributed by atoms with Crippen molar-refractivity contribution >= 4 is 21.8 Å². The molecule has 3 N–H and O–H groups in total. The summed E-state index contributed by atoms with van der Waals surface area (Å²) in [5.74, 6) is -0.612. The molecule has 4 bridgehead atoms. The summed E-state index contributed by atoms with van der Waals surface area (Å²) in [7, 11) is -2.89. The van der Waals surface area contributed by atoms with Crippen molar-refractivity contribution in [1.29, 1.82) is 0 Å². The van der Waals surface area contributed by atoms with Crippen LogP contribution in [-0.4, -0.2) is 43.2 Å². The lowest BCUT2D eigenvalue weighted by molar-refractivity contribution is -0.148. The molecule has 2 amide bonds. The highest BCUT2D eigenvalue weighted by atomic mass is 32.2. The van der Waals surface area contributed by atoms with Crippen LogP contribution in [0, 0.1) is 29.0 Å². The number of nitrogens with one attached hydrogen (secondary N) is 1. The van der Waals surface area contributed by atoms with E-state index >= 15 is 4.39 Å². The number of primary amides is 1. The van der Waals surface area contributed by atoms with Gasteiger partial charge < -0.3 is 11.1 Å². The number of nitrogens with zero attached hydrogens (tertiary/aromatic N) is 1. The van der Waals surface area contributed by atoms with Gasteiger partial charge in [0.2, 0.25) is 21.8 Å². The molecule has 2 aromatic rings. The van der Waals surface area contributed by atoms with E-state index in [-0.39, 0.29) is 29.7 Å². The smallest absolute Gasteiger partial charge is 0.246 e. The summed E-state index contributed by atoms with van der Waals surface area (Å²) in [6, 6.07) is 13.2. The maximum atomic E-state index is 15.1. The number of hydrogen-bond acceptors (Lipinski definition) is 4. The minimum absolute atomic E-state index is 0.0907. The average Bonchev–Trinajstić information content (AvgIpc) is 3.67. The van der Waals surface area contributed by atoms with E-state index < -0.39 is 31.7 Å². The second kappa shape index (κ2) is 8.36. The van der Waals surface area contributed by atoms with Gasteiger partial charge in [-0.2, -0.15) is 4.31 Å². The Labute approximate surface area is 216 Å². The van der Waals surface area contributed by atoms with Crippen LogP contribution in [0.15, 0.2) is 53.4 Å². The Morgan fingerprint density at radius 2 is 1.65 bits per heavy atom. The van der Waals surface area contributed by atoms with Crippen LogP contribution >= 0.6 is 0 Å². The first-order valence-electron chi connectivity index (χ1n) is 13.0. The van der Waals surface area contributed by atoms with Crippen LogP contribution in [0.25, 0.3) is 11.1 Å². The average molecular weight is 526 g/mol. The molecule has 0 aliphatic heterocycles. The lowest BCUT2D eigenvalue weighted by atomic mass is 9.47. The van der Waals surface area contributed by atoms with Gasteiger partial charge in [-0.3, -0.25) is 9.59 Å². The summed E-state index contributed by atoms with van der Waals surface area (Å²) in [6.45, 7) is 0. The minimum Gasteiger partial charge on any atom is -0.369 e. The Balaban J connectivity index is 1.21. The van der Waals surface area contributed by atoms with Crippen molar-refractivity contribution in [1.82, 2.24) is 9.62 Å². The zero-order valence-corrected chi connectivity index (χ0v) is 21.6. The van der Waals surface area contributed by atoms with Crippen LogP contribution in [0.5, 0.6) is 0 Å². The molecule has 0 heterocycles. The van der Waals surface area contributed by atoms with Gasteiger partial charge in [0, 0.05) is 18.5 Å². The Bertz CT molecular complexity index is 1360. The molecule has 0 aromatic heterocycles. The molecule has 5 fully saturated rings. The Morgan fingerprint density at radius 3 is 2.22 bits per heavy atom. The third-order valence-electron chi connectivity index (χ3n) is 9.52. The van der Waals surface area contributed by atoms with Crippen molar-refractivity contribution in [3.05, 3.63) is 54.3 Å². The lowest BCUT2D eigenvalue weighted by Gasteiger charge is -2.59. The molecular formula is C28H32FN3O4S. The van der Waals surface area contributed by atoms with E-state index in [1.807, 2.05) is 30.3 Å². The largest absolute Gasteiger partial charge is 0.369 e. The topological polar surface area (TPSA) is 110 Å². The number of hydrogen-bond donors (Lipinski definition) is 2. The third kappa shape index (κ3) is 3.81. The molecule has 37 heavy (non-hydrogen) atoms. The van der Waals surface area contributed by atoms with Gasteiger partial charge in [-0.1, -0.05) is 36.4 Å². The molecule has 5 saturated carbocycles. The number of benzene rings is 2. The monoisotopic (exact) mass is 525 g/mol. The SMILES string of the molecule is CN(C1(C(=O)NC2C3CC4CC2CC(C(N)=O)(C4)C3)CC1)S(=O)(=O)c1ccc(-c2ccccc2)cc1F. The van der Waals surface area contributed by atoms with Crippen LogP contribution in [0.4, 0.5) is 4.39 Å². The predicted octanol–water partition coefficient (Wildman–Crippen LogP) is 3.44. The summed E-state index contributed by atoms with van der Waals surface area (Å²) in [5.41, 5.74) is 5.46. The number of carbonyl (C=O) groups excluding carboxylic acids is 2. The van der Waals surface area contributed by atoms with Crippen molar-refractivity contribution < 1.29 is 22.4 Å². The van der Waals surface area contributed by atoms with Gasteiger partial charge >= 0.3 is 0 Å².